The van der Waals surface area contributed by atoms with Gasteiger partial charge in [0.15, 0.2) is 5.11 Å². The largest absolute Gasteiger partial charge is 0.352 e. The number of hydrogen-bond donors (Lipinski definition) is 1. The molecule has 1 saturated carbocycles. The monoisotopic (exact) mass is 354 g/mol. The number of nitrogens with one attached hydrogen (secondary N) is 1. The molecule has 0 radical (unpaired) electrons. The minimum atomic E-state index is 0.111. The lowest BCUT2D eigenvalue weighted by atomic mass is 9.99. The second-order valence-electron chi connectivity index (χ2n) is 7.15. The van der Waals surface area contributed by atoms with Gasteiger partial charge in [0.25, 0.3) is 0 Å². The zero-order valence-corrected chi connectivity index (χ0v) is 15.6. The molecule has 2 aromatic heterocycles. The fraction of sp³-hybridized carbons (Fsp3) is 0.500. The van der Waals surface area contributed by atoms with Crippen LogP contribution in [-0.4, -0.2) is 26.1 Å². The highest BCUT2D eigenvalue weighted by Crippen LogP contribution is 2.39. The average molecular weight is 355 g/mol. The van der Waals surface area contributed by atoms with Gasteiger partial charge in [-0.05, 0) is 55.2 Å². The molecule has 5 heteroatoms. The van der Waals surface area contributed by atoms with E-state index < -0.39 is 0 Å². The van der Waals surface area contributed by atoms with Crippen LogP contribution in [0.5, 0.6) is 0 Å². The summed E-state index contributed by atoms with van der Waals surface area (Å²) < 4.78 is 2.42. The van der Waals surface area contributed by atoms with Crippen molar-refractivity contribution in [3.05, 3.63) is 54.1 Å². The predicted octanol–water partition coefficient (Wildman–Crippen LogP) is 4.38. The molecular formula is C20H26N4S. The summed E-state index contributed by atoms with van der Waals surface area (Å²) in [5, 5.41) is 4.36. The first-order valence-electron chi connectivity index (χ1n) is 9.43. The molecule has 4 nitrogen and oxygen atoms in total. The Labute approximate surface area is 155 Å². The standard InChI is InChI=1S/C20H26N4S/c1-2-12-24-19(15-10-13-23(14-15)16-7-3-4-8-16)18(22-20(24)25)17-9-5-6-11-21-17/h5-6,9-11,13-14,16,18-19H,2-4,7-8,12H2,1H3,(H,22,25)/t18-,19+/m1/s1. The fourth-order valence-electron chi connectivity index (χ4n) is 4.29. The van der Waals surface area contributed by atoms with E-state index in [1.165, 1.54) is 31.2 Å². The van der Waals surface area contributed by atoms with Gasteiger partial charge in [-0.15, -0.1) is 0 Å². The van der Waals surface area contributed by atoms with E-state index in [0.717, 1.165) is 23.8 Å². The third-order valence-corrected chi connectivity index (χ3v) is 5.84. The zero-order valence-electron chi connectivity index (χ0n) is 14.8. The molecule has 2 fully saturated rings. The first-order chi connectivity index (χ1) is 12.3. The van der Waals surface area contributed by atoms with E-state index >= 15 is 0 Å². The Morgan fingerprint density at radius 2 is 2.08 bits per heavy atom. The van der Waals surface area contributed by atoms with Crippen LogP contribution in [0.25, 0.3) is 0 Å². The van der Waals surface area contributed by atoms with Gasteiger partial charge in [0, 0.05) is 31.2 Å². The maximum absolute atomic E-state index is 5.65. The number of hydrogen-bond acceptors (Lipinski definition) is 2. The molecule has 1 aliphatic heterocycles. The molecule has 25 heavy (non-hydrogen) atoms. The summed E-state index contributed by atoms with van der Waals surface area (Å²) in [6.07, 6.45) is 12.9. The molecule has 132 valence electrons. The number of pyridine rings is 1. The summed E-state index contributed by atoms with van der Waals surface area (Å²) in [4.78, 5) is 6.93. The first-order valence-corrected chi connectivity index (χ1v) is 9.84. The van der Waals surface area contributed by atoms with Crippen molar-refractivity contribution in [2.45, 2.75) is 57.2 Å². The lowest BCUT2D eigenvalue weighted by molar-refractivity contribution is 0.317. The van der Waals surface area contributed by atoms with Gasteiger partial charge in [-0.2, -0.15) is 0 Å². The number of aromatic nitrogens is 2. The Kier molecular flexibility index (Phi) is 4.75. The second kappa shape index (κ2) is 7.16. The van der Waals surface area contributed by atoms with Crippen molar-refractivity contribution in [1.82, 2.24) is 19.8 Å². The van der Waals surface area contributed by atoms with E-state index in [4.69, 9.17) is 12.2 Å². The van der Waals surface area contributed by atoms with E-state index in [2.05, 4.69) is 57.3 Å². The molecule has 1 N–H and O–H groups in total. The third kappa shape index (κ3) is 3.17. The minimum Gasteiger partial charge on any atom is -0.352 e. The number of nitrogens with zero attached hydrogens (tertiary/aromatic N) is 3. The van der Waals surface area contributed by atoms with Crippen LogP contribution in [0.1, 0.15) is 68.4 Å². The van der Waals surface area contributed by atoms with E-state index in [1.807, 2.05) is 12.3 Å². The molecular weight excluding hydrogens is 328 g/mol. The van der Waals surface area contributed by atoms with Crippen LogP contribution in [0.4, 0.5) is 0 Å². The second-order valence-corrected chi connectivity index (χ2v) is 7.54. The van der Waals surface area contributed by atoms with Crippen molar-refractivity contribution in [1.29, 1.82) is 0 Å². The highest BCUT2D eigenvalue weighted by Gasteiger charge is 2.39. The Balaban J connectivity index is 1.67. The van der Waals surface area contributed by atoms with Gasteiger partial charge < -0.3 is 14.8 Å². The molecule has 1 aliphatic carbocycles. The van der Waals surface area contributed by atoms with E-state index in [9.17, 15) is 0 Å². The maximum atomic E-state index is 5.65. The van der Waals surface area contributed by atoms with Gasteiger partial charge >= 0.3 is 0 Å². The predicted molar refractivity (Wildman–Crippen MR) is 104 cm³/mol. The highest BCUT2D eigenvalue weighted by atomic mass is 32.1. The molecule has 1 saturated heterocycles. The van der Waals surface area contributed by atoms with Crippen LogP contribution in [0.2, 0.25) is 0 Å². The van der Waals surface area contributed by atoms with Crippen molar-refractivity contribution in [3.8, 4) is 0 Å². The van der Waals surface area contributed by atoms with Crippen molar-refractivity contribution in [2.75, 3.05) is 6.54 Å². The van der Waals surface area contributed by atoms with E-state index in [1.54, 1.807) is 0 Å². The normalized spacial score (nSPS) is 24.0. The van der Waals surface area contributed by atoms with Gasteiger partial charge in [-0.3, -0.25) is 4.98 Å². The molecule has 2 aliphatic rings. The van der Waals surface area contributed by atoms with Crippen LogP contribution in [0.15, 0.2) is 42.9 Å². The highest BCUT2D eigenvalue weighted by molar-refractivity contribution is 7.80. The molecule has 0 aromatic carbocycles. The summed E-state index contributed by atoms with van der Waals surface area (Å²) in [5.74, 6) is 0. The van der Waals surface area contributed by atoms with Crippen LogP contribution < -0.4 is 5.32 Å². The van der Waals surface area contributed by atoms with Gasteiger partial charge in [-0.1, -0.05) is 25.8 Å². The minimum absolute atomic E-state index is 0.111. The average Bonchev–Trinajstić information content (AvgIpc) is 3.36. The lowest BCUT2D eigenvalue weighted by Crippen LogP contribution is -2.30. The summed E-state index contributed by atoms with van der Waals surface area (Å²) in [5.41, 5.74) is 2.39. The summed E-state index contributed by atoms with van der Waals surface area (Å²) in [6, 6.07) is 9.38. The van der Waals surface area contributed by atoms with Crippen LogP contribution in [-0.2, 0) is 0 Å². The van der Waals surface area contributed by atoms with Crippen molar-refractivity contribution >= 4 is 17.3 Å². The van der Waals surface area contributed by atoms with E-state index in [0.29, 0.717) is 6.04 Å². The lowest BCUT2D eigenvalue weighted by Gasteiger charge is -2.26. The topological polar surface area (TPSA) is 33.1 Å². The molecule has 2 atom stereocenters. The van der Waals surface area contributed by atoms with Crippen LogP contribution >= 0.6 is 12.2 Å². The molecule has 4 rings (SSSR count). The Morgan fingerprint density at radius 1 is 1.24 bits per heavy atom. The van der Waals surface area contributed by atoms with Gasteiger partial charge in [-0.25, -0.2) is 0 Å². The summed E-state index contributed by atoms with van der Waals surface area (Å²) >= 11 is 5.65. The van der Waals surface area contributed by atoms with Crippen LogP contribution in [0, 0.1) is 0 Å². The molecule has 0 spiro atoms. The summed E-state index contributed by atoms with van der Waals surface area (Å²) in [7, 11) is 0. The molecule has 2 aromatic rings. The van der Waals surface area contributed by atoms with Crippen molar-refractivity contribution in [3.63, 3.8) is 0 Å². The Bertz CT molecular complexity index is 720. The SMILES string of the molecule is CCCN1C(=S)N[C@H](c2ccccn2)[C@@H]1c1ccn(C2CCCC2)c1. The molecule has 3 heterocycles. The van der Waals surface area contributed by atoms with E-state index in [-0.39, 0.29) is 12.1 Å². The van der Waals surface area contributed by atoms with Gasteiger partial charge in [0.05, 0.1) is 17.8 Å². The first kappa shape index (κ1) is 16.6. The third-order valence-electron chi connectivity index (χ3n) is 5.49. The molecule has 0 unspecified atom stereocenters. The van der Waals surface area contributed by atoms with Gasteiger partial charge in [0.2, 0.25) is 0 Å². The smallest absolute Gasteiger partial charge is 0.170 e. The summed E-state index contributed by atoms with van der Waals surface area (Å²) in [6.45, 7) is 3.17. The maximum Gasteiger partial charge on any atom is 0.170 e. The van der Waals surface area contributed by atoms with Crippen molar-refractivity contribution in [2.24, 2.45) is 0 Å². The Morgan fingerprint density at radius 3 is 2.80 bits per heavy atom. The van der Waals surface area contributed by atoms with Crippen LogP contribution in [0.3, 0.4) is 0 Å². The molecule has 0 bridgehead atoms. The molecule has 0 amide bonds. The van der Waals surface area contributed by atoms with Crippen molar-refractivity contribution < 1.29 is 0 Å². The zero-order chi connectivity index (χ0) is 17.2. The number of rotatable bonds is 5. The number of thiocarbonyl (C=S) groups is 1. The fourth-order valence-corrected chi connectivity index (χ4v) is 4.62. The van der Waals surface area contributed by atoms with Gasteiger partial charge in [0.1, 0.15) is 0 Å². The Hall–Kier alpha value is -1.88. The quantitative estimate of drug-likeness (QED) is 0.808.